The number of nitrogens with zero attached hydrogens (tertiary/aromatic N) is 2. The van der Waals surface area contributed by atoms with Gasteiger partial charge in [0.2, 0.25) is 0 Å². The molecule has 1 saturated heterocycles. The first kappa shape index (κ1) is 17.7. The predicted octanol–water partition coefficient (Wildman–Crippen LogP) is 0.314. The van der Waals surface area contributed by atoms with Crippen molar-refractivity contribution in [1.29, 1.82) is 0 Å². The molecule has 3 unspecified atom stereocenters. The topological polar surface area (TPSA) is 82.1 Å². The van der Waals surface area contributed by atoms with E-state index in [4.69, 9.17) is 9.84 Å². The van der Waals surface area contributed by atoms with Crippen LogP contribution in [0.5, 0.6) is 0 Å². The number of amides is 2. The van der Waals surface area contributed by atoms with Crippen molar-refractivity contribution in [2.24, 2.45) is 11.8 Å². The fourth-order valence-electron chi connectivity index (χ4n) is 2.39. The van der Waals surface area contributed by atoms with Crippen molar-refractivity contribution in [3.63, 3.8) is 0 Å². The highest BCUT2D eigenvalue weighted by Crippen LogP contribution is 2.19. The van der Waals surface area contributed by atoms with Crippen molar-refractivity contribution in [3.05, 3.63) is 0 Å². The zero-order valence-electron chi connectivity index (χ0n) is 13.5. The fourth-order valence-corrected chi connectivity index (χ4v) is 2.39. The lowest BCUT2D eigenvalue weighted by molar-refractivity contribution is -0.142. The van der Waals surface area contributed by atoms with Crippen LogP contribution in [-0.4, -0.2) is 79.9 Å². The van der Waals surface area contributed by atoms with E-state index in [0.717, 1.165) is 6.54 Å². The van der Waals surface area contributed by atoms with Crippen LogP contribution in [0, 0.1) is 11.8 Å². The van der Waals surface area contributed by atoms with E-state index in [-0.39, 0.29) is 25.3 Å². The van der Waals surface area contributed by atoms with Gasteiger partial charge in [-0.2, -0.15) is 0 Å². The summed E-state index contributed by atoms with van der Waals surface area (Å²) < 4.78 is 5.21. The van der Waals surface area contributed by atoms with Crippen molar-refractivity contribution in [2.45, 2.75) is 25.9 Å². The number of likely N-dealkylation sites (N-methyl/N-ethyl adjacent to an activating group) is 2. The Balaban J connectivity index is 2.66. The molecule has 0 aromatic carbocycles. The number of aliphatic carboxylic acids is 1. The molecule has 1 rings (SSSR count). The quantitative estimate of drug-likeness (QED) is 0.738. The van der Waals surface area contributed by atoms with Gasteiger partial charge in [-0.1, -0.05) is 13.8 Å². The highest BCUT2D eigenvalue weighted by atomic mass is 16.5. The van der Waals surface area contributed by atoms with Gasteiger partial charge in [0.15, 0.2) is 0 Å². The molecule has 1 aliphatic heterocycles. The number of hydrogen-bond acceptors (Lipinski definition) is 4. The van der Waals surface area contributed by atoms with Gasteiger partial charge in [-0.25, -0.2) is 4.79 Å². The van der Waals surface area contributed by atoms with E-state index < -0.39 is 17.9 Å². The molecule has 2 N–H and O–H groups in total. The molecule has 0 saturated carbocycles. The lowest BCUT2D eigenvalue weighted by Gasteiger charge is -2.31. The summed E-state index contributed by atoms with van der Waals surface area (Å²) in [5.74, 6) is -1.29. The Morgan fingerprint density at radius 3 is 2.38 bits per heavy atom. The summed E-state index contributed by atoms with van der Waals surface area (Å²) >= 11 is 0. The summed E-state index contributed by atoms with van der Waals surface area (Å²) in [6, 6.07) is -0.660. The minimum atomic E-state index is -0.925. The van der Waals surface area contributed by atoms with Crippen molar-refractivity contribution >= 4 is 12.0 Å². The third kappa shape index (κ3) is 4.86. The maximum atomic E-state index is 12.3. The van der Waals surface area contributed by atoms with Crippen LogP contribution in [0.3, 0.4) is 0 Å². The molecule has 2 amide bonds. The molecule has 0 aromatic heterocycles. The Kier molecular flexibility index (Phi) is 6.42. The number of hydrogen-bond donors (Lipinski definition) is 2. The number of carbonyl (C=O) groups is 2. The first-order valence-corrected chi connectivity index (χ1v) is 7.22. The van der Waals surface area contributed by atoms with Gasteiger partial charge in [0.1, 0.15) is 5.92 Å². The van der Waals surface area contributed by atoms with Gasteiger partial charge in [0.25, 0.3) is 0 Å². The molecule has 0 spiro atoms. The van der Waals surface area contributed by atoms with Gasteiger partial charge in [-0.05, 0) is 20.0 Å². The Morgan fingerprint density at radius 2 is 1.90 bits per heavy atom. The molecular formula is C14H27N3O4. The molecule has 0 radical (unpaired) electrons. The van der Waals surface area contributed by atoms with Crippen molar-refractivity contribution < 1.29 is 19.4 Å². The zero-order chi connectivity index (χ0) is 16.2. The Morgan fingerprint density at radius 1 is 1.29 bits per heavy atom. The van der Waals surface area contributed by atoms with E-state index in [2.05, 4.69) is 5.32 Å². The molecule has 21 heavy (non-hydrogen) atoms. The van der Waals surface area contributed by atoms with Crippen LogP contribution in [0.25, 0.3) is 0 Å². The second kappa shape index (κ2) is 7.61. The van der Waals surface area contributed by atoms with E-state index in [1.54, 1.807) is 7.05 Å². The number of urea groups is 1. The van der Waals surface area contributed by atoms with Crippen molar-refractivity contribution in [3.8, 4) is 0 Å². The zero-order valence-corrected chi connectivity index (χ0v) is 13.5. The second-order valence-electron chi connectivity index (χ2n) is 6.22. The molecule has 7 heteroatoms. The van der Waals surface area contributed by atoms with Gasteiger partial charge >= 0.3 is 12.0 Å². The van der Waals surface area contributed by atoms with Gasteiger partial charge in [-0.3, -0.25) is 4.79 Å². The van der Waals surface area contributed by atoms with Crippen LogP contribution >= 0.6 is 0 Å². The Labute approximate surface area is 126 Å². The van der Waals surface area contributed by atoms with E-state index in [1.165, 1.54) is 4.90 Å². The number of carboxylic acid groups (broad SMARTS) is 1. The number of nitrogens with one attached hydrogen (secondary N) is 1. The van der Waals surface area contributed by atoms with E-state index in [1.807, 2.05) is 32.8 Å². The molecule has 0 aromatic rings. The molecule has 0 aliphatic carbocycles. The standard InChI is InChI=1S/C14H27N3O4/c1-9(2)11(6-16(3)4)15-14(20)17(5)12-8-21-7-10(12)13(18)19/h9-12H,6-8H2,1-5H3,(H,15,20)(H,18,19). The summed E-state index contributed by atoms with van der Waals surface area (Å²) in [6.07, 6.45) is 0. The van der Waals surface area contributed by atoms with Crippen molar-refractivity contribution in [1.82, 2.24) is 15.1 Å². The van der Waals surface area contributed by atoms with Crippen LogP contribution in [0.15, 0.2) is 0 Å². The highest BCUT2D eigenvalue weighted by molar-refractivity contribution is 5.77. The van der Waals surface area contributed by atoms with Crippen LogP contribution < -0.4 is 5.32 Å². The van der Waals surface area contributed by atoms with Crippen LogP contribution in [0.1, 0.15) is 13.8 Å². The fraction of sp³-hybridized carbons (Fsp3) is 0.857. The van der Waals surface area contributed by atoms with Gasteiger partial charge < -0.3 is 25.0 Å². The van der Waals surface area contributed by atoms with Crippen LogP contribution in [0.2, 0.25) is 0 Å². The molecular weight excluding hydrogens is 274 g/mol. The SMILES string of the molecule is CC(C)C(CN(C)C)NC(=O)N(C)C1COCC1C(=O)O. The highest BCUT2D eigenvalue weighted by Gasteiger charge is 2.38. The van der Waals surface area contributed by atoms with E-state index in [0.29, 0.717) is 5.92 Å². The molecule has 1 heterocycles. The molecule has 7 nitrogen and oxygen atoms in total. The van der Waals surface area contributed by atoms with Crippen LogP contribution in [0.4, 0.5) is 4.79 Å². The summed E-state index contributed by atoms with van der Waals surface area (Å²) in [5, 5.41) is 12.1. The summed E-state index contributed by atoms with van der Waals surface area (Å²) in [5.41, 5.74) is 0. The Hall–Kier alpha value is -1.34. The number of ether oxygens (including phenoxy) is 1. The van der Waals surface area contributed by atoms with E-state index in [9.17, 15) is 9.59 Å². The largest absolute Gasteiger partial charge is 0.481 e. The average Bonchev–Trinajstić information content (AvgIpc) is 2.85. The maximum Gasteiger partial charge on any atom is 0.317 e. The minimum absolute atomic E-state index is 0.0144. The number of carboxylic acids is 1. The summed E-state index contributed by atoms with van der Waals surface area (Å²) in [4.78, 5) is 27.0. The third-order valence-electron chi connectivity index (χ3n) is 3.86. The Bertz CT molecular complexity index is 373. The van der Waals surface area contributed by atoms with Gasteiger partial charge in [0, 0.05) is 19.6 Å². The predicted molar refractivity (Wildman–Crippen MR) is 79.2 cm³/mol. The summed E-state index contributed by atoms with van der Waals surface area (Å²) in [6.45, 7) is 5.25. The summed E-state index contributed by atoms with van der Waals surface area (Å²) in [7, 11) is 5.53. The first-order valence-electron chi connectivity index (χ1n) is 7.22. The minimum Gasteiger partial charge on any atom is -0.481 e. The first-order chi connectivity index (χ1) is 9.73. The van der Waals surface area contributed by atoms with Gasteiger partial charge in [-0.15, -0.1) is 0 Å². The maximum absolute atomic E-state index is 12.3. The lowest BCUT2D eigenvalue weighted by Crippen LogP contribution is -2.53. The third-order valence-corrected chi connectivity index (χ3v) is 3.86. The number of carbonyl (C=O) groups excluding carboxylic acids is 1. The smallest absolute Gasteiger partial charge is 0.317 e. The normalized spacial score (nSPS) is 23.4. The molecule has 1 aliphatic rings. The van der Waals surface area contributed by atoms with Crippen molar-refractivity contribution in [2.75, 3.05) is 40.9 Å². The molecule has 0 bridgehead atoms. The molecule has 3 atom stereocenters. The van der Waals surface area contributed by atoms with E-state index >= 15 is 0 Å². The molecule has 122 valence electrons. The molecule has 1 fully saturated rings. The van der Waals surface area contributed by atoms with Gasteiger partial charge in [0.05, 0.1) is 19.3 Å². The second-order valence-corrected chi connectivity index (χ2v) is 6.22. The number of rotatable bonds is 6. The monoisotopic (exact) mass is 301 g/mol. The average molecular weight is 301 g/mol. The lowest BCUT2D eigenvalue weighted by atomic mass is 10.0. The van der Waals surface area contributed by atoms with Crippen LogP contribution in [-0.2, 0) is 9.53 Å².